The lowest BCUT2D eigenvalue weighted by atomic mass is 9.99. The number of esters is 3. The topological polar surface area (TPSA) is 124 Å². The van der Waals surface area contributed by atoms with E-state index in [-0.39, 0.29) is 17.2 Å². The highest BCUT2D eigenvalue weighted by atomic mass is 16.5. The first-order valence-corrected chi connectivity index (χ1v) is 8.49. The van der Waals surface area contributed by atoms with Gasteiger partial charge in [0.2, 0.25) is 0 Å². The quantitative estimate of drug-likeness (QED) is 0.513. The van der Waals surface area contributed by atoms with Crippen molar-refractivity contribution in [2.75, 3.05) is 20.8 Å². The Bertz CT molecular complexity index is 724. The summed E-state index contributed by atoms with van der Waals surface area (Å²) in [5, 5.41) is 2.51. The lowest BCUT2D eigenvalue weighted by molar-refractivity contribution is -0.147. The summed E-state index contributed by atoms with van der Waals surface area (Å²) in [5.41, 5.74) is 1.14. The van der Waals surface area contributed by atoms with Crippen molar-refractivity contribution in [1.29, 1.82) is 0 Å². The van der Waals surface area contributed by atoms with Gasteiger partial charge in [-0.3, -0.25) is 4.79 Å². The summed E-state index contributed by atoms with van der Waals surface area (Å²) < 4.78 is 14.4. The van der Waals surface area contributed by atoms with Crippen molar-refractivity contribution in [1.82, 2.24) is 10.3 Å². The van der Waals surface area contributed by atoms with Crippen LogP contribution in [0.2, 0.25) is 0 Å². The lowest BCUT2D eigenvalue weighted by Gasteiger charge is -2.21. The maximum Gasteiger partial charge on any atom is 0.355 e. The molecular weight excluding hydrogens is 356 g/mol. The van der Waals surface area contributed by atoms with Crippen molar-refractivity contribution < 1.29 is 33.4 Å². The van der Waals surface area contributed by atoms with Crippen LogP contribution in [-0.4, -0.2) is 55.7 Å². The highest BCUT2D eigenvalue weighted by Gasteiger charge is 2.28. The molecule has 1 aromatic heterocycles. The van der Waals surface area contributed by atoms with E-state index in [0.717, 1.165) is 0 Å². The smallest absolute Gasteiger partial charge is 0.355 e. The summed E-state index contributed by atoms with van der Waals surface area (Å²) in [7, 11) is 2.48. The molecule has 1 aromatic rings. The van der Waals surface area contributed by atoms with Crippen LogP contribution in [0.5, 0.6) is 0 Å². The Kier molecular flexibility index (Phi) is 8.01. The summed E-state index contributed by atoms with van der Waals surface area (Å²) in [5.74, 6) is -2.71. The number of carbonyl (C=O) groups excluding carboxylic acids is 4. The molecular formula is C18H26N2O7. The van der Waals surface area contributed by atoms with E-state index in [2.05, 4.69) is 19.8 Å². The number of H-pyrrole nitrogens is 1. The minimum Gasteiger partial charge on any atom is -0.467 e. The van der Waals surface area contributed by atoms with Crippen LogP contribution in [0.15, 0.2) is 0 Å². The first-order valence-electron chi connectivity index (χ1n) is 8.49. The summed E-state index contributed by atoms with van der Waals surface area (Å²) in [6, 6.07) is -0.827. The van der Waals surface area contributed by atoms with Crippen LogP contribution < -0.4 is 5.32 Å². The number of aryl methyl sites for hydroxylation is 1. The molecule has 150 valence electrons. The first kappa shape index (κ1) is 22.2. The molecule has 0 saturated carbocycles. The third kappa shape index (κ3) is 5.32. The van der Waals surface area contributed by atoms with Gasteiger partial charge in [-0.1, -0.05) is 20.3 Å². The SMILES string of the molecule is CCC(C)C(NC(=O)COC(=O)c1[nH]c(C)c(C(=O)OC)c1C)C(=O)OC. The zero-order valence-corrected chi connectivity index (χ0v) is 16.4. The van der Waals surface area contributed by atoms with Gasteiger partial charge in [0, 0.05) is 5.69 Å². The molecule has 0 spiro atoms. The van der Waals surface area contributed by atoms with E-state index in [1.807, 2.05) is 6.92 Å². The first-order chi connectivity index (χ1) is 12.7. The highest BCUT2D eigenvalue weighted by Crippen LogP contribution is 2.19. The summed E-state index contributed by atoms with van der Waals surface area (Å²) in [4.78, 5) is 50.6. The van der Waals surface area contributed by atoms with Crippen molar-refractivity contribution in [3.8, 4) is 0 Å². The number of rotatable bonds is 8. The molecule has 2 atom stereocenters. The maximum atomic E-state index is 12.2. The van der Waals surface area contributed by atoms with Crippen LogP contribution in [0.1, 0.15) is 52.4 Å². The number of nitrogens with one attached hydrogen (secondary N) is 2. The minimum absolute atomic E-state index is 0.0622. The third-order valence-corrected chi connectivity index (χ3v) is 4.35. The predicted molar refractivity (Wildman–Crippen MR) is 95.3 cm³/mol. The third-order valence-electron chi connectivity index (χ3n) is 4.35. The van der Waals surface area contributed by atoms with Gasteiger partial charge in [0.25, 0.3) is 5.91 Å². The molecule has 0 aliphatic carbocycles. The van der Waals surface area contributed by atoms with E-state index in [0.29, 0.717) is 17.7 Å². The van der Waals surface area contributed by atoms with Gasteiger partial charge >= 0.3 is 17.9 Å². The van der Waals surface area contributed by atoms with Crippen LogP contribution in [-0.2, 0) is 23.8 Å². The maximum absolute atomic E-state index is 12.2. The fraction of sp³-hybridized carbons (Fsp3) is 0.556. The summed E-state index contributed by atoms with van der Waals surface area (Å²) >= 11 is 0. The van der Waals surface area contributed by atoms with Gasteiger partial charge in [0.1, 0.15) is 11.7 Å². The van der Waals surface area contributed by atoms with Crippen LogP contribution >= 0.6 is 0 Å². The van der Waals surface area contributed by atoms with Crippen LogP contribution in [0.25, 0.3) is 0 Å². The highest BCUT2D eigenvalue weighted by molar-refractivity contribution is 5.99. The van der Waals surface area contributed by atoms with Gasteiger partial charge in [0.15, 0.2) is 6.61 Å². The molecule has 0 aliphatic rings. The average molecular weight is 382 g/mol. The Labute approximate surface area is 157 Å². The number of aromatic amines is 1. The standard InChI is InChI=1S/C18H26N2O7/c1-7-9(2)14(17(23)26-6)20-12(21)8-27-18(24)15-10(3)13(11(4)19-15)16(22)25-5/h9,14,19H,7-8H2,1-6H3,(H,20,21). The van der Waals surface area contributed by atoms with Gasteiger partial charge in [-0.2, -0.15) is 0 Å². The van der Waals surface area contributed by atoms with Crippen LogP contribution in [0, 0.1) is 19.8 Å². The molecule has 0 aliphatic heterocycles. The monoisotopic (exact) mass is 382 g/mol. The van der Waals surface area contributed by atoms with E-state index >= 15 is 0 Å². The molecule has 0 bridgehead atoms. The largest absolute Gasteiger partial charge is 0.467 e. The second-order valence-electron chi connectivity index (χ2n) is 6.15. The second kappa shape index (κ2) is 9.75. The molecule has 9 nitrogen and oxygen atoms in total. The van der Waals surface area contributed by atoms with E-state index in [9.17, 15) is 19.2 Å². The number of aromatic nitrogens is 1. The van der Waals surface area contributed by atoms with Crippen molar-refractivity contribution in [3.05, 3.63) is 22.5 Å². The number of hydrogen-bond donors (Lipinski definition) is 2. The Morgan fingerprint density at radius 1 is 1.07 bits per heavy atom. The summed E-state index contributed by atoms with van der Waals surface area (Å²) in [6.45, 7) is 6.29. The minimum atomic E-state index is -0.827. The molecule has 2 N–H and O–H groups in total. The zero-order chi connectivity index (χ0) is 20.7. The second-order valence-corrected chi connectivity index (χ2v) is 6.15. The molecule has 9 heteroatoms. The fourth-order valence-corrected chi connectivity index (χ4v) is 2.58. The normalized spacial score (nSPS) is 12.7. The number of ether oxygens (including phenoxy) is 3. The van der Waals surface area contributed by atoms with E-state index in [1.165, 1.54) is 14.2 Å². The predicted octanol–water partition coefficient (Wildman–Crippen LogP) is 1.28. The Balaban J connectivity index is 2.78. The Hall–Kier alpha value is -2.84. The lowest BCUT2D eigenvalue weighted by Crippen LogP contribution is -2.47. The molecule has 0 radical (unpaired) electrons. The van der Waals surface area contributed by atoms with Crippen LogP contribution in [0.3, 0.4) is 0 Å². The summed E-state index contributed by atoms with van der Waals surface area (Å²) in [6.07, 6.45) is 0.650. The Morgan fingerprint density at radius 3 is 2.22 bits per heavy atom. The van der Waals surface area contributed by atoms with Gasteiger partial charge in [0.05, 0.1) is 19.8 Å². The molecule has 0 saturated heterocycles. The average Bonchev–Trinajstić information content (AvgIpc) is 2.96. The molecule has 0 fully saturated rings. The van der Waals surface area contributed by atoms with E-state index in [4.69, 9.17) is 4.74 Å². The Morgan fingerprint density at radius 2 is 1.70 bits per heavy atom. The molecule has 1 amide bonds. The van der Waals surface area contributed by atoms with Crippen molar-refractivity contribution >= 4 is 23.8 Å². The van der Waals surface area contributed by atoms with Crippen LogP contribution in [0.4, 0.5) is 0 Å². The van der Waals surface area contributed by atoms with Gasteiger partial charge in [-0.15, -0.1) is 0 Å². The number of methoxy groups -OCH3 is 2. The number of hydrogen-bond acceptors (Lipinski definition) is 7. The van der Waals surface area contributed by atoms with Crippen molar-refractivity contribution in [2.45, 2.75) is 40.2 Å². The fourth-order valence-electron chi connectivity index (χ4n) is 2.58. The van der Waals surface area contributed by atoms with Crippen molar-refractivity contribution in [3.63, 3.8) is 0 Å². The van der Waals surface area contributed by atoms with Gasteiger partial charge < -0.3 is 24.5 Å². The van der Waals surface area contributed by atoms with Crippen molar-refractivity contribution in [2.24, 2.45) is 5.92 Å². The zero-order valence-electron chi connectivity index (χ0n) is 16.4. The molecule has 1 rings (SSSR count). The number of carbonyl (C=O) groups is 4. The molecule has 1 heterocycles. The van der Waals surface area contributed by atoms with E-state index in [1.54, 1.807) is 20.8 Å². The van der Waals surface area contributed by atoms with E-state index < -0.39 is 36.5 Å². The molecule has 27 heavy (non-hydrogen) atoms. The molecule has 0 aromatic carbocycles. The van der Waals surface area contributed by atoms with Gasteiger partial charge in [-0.05, 0) is 25.3 Å². The number of amides is 1. The van der Waals surface area contributed by atoms with Gasteiger partial charge in [-0.25, -0.2) is 14.4 Å². The molecule has 2 unspecified atom stereocenters.